The summed E-state index contributed by atoms with van der Waals surface area (Å²) < 4.78 is 4.39. The molecular weight excluding hydrogens is 338 g/mol. The van der Waals surface area contributed by atoms with Crippen molar-refractivity contribution in [2.24, 2.45) is 7.05 Å². The van der Waals surface area contributed by atoms with E-state index in [4.69, 9.17) is 0 Å². The van der Waals surface area contributed by atoms with Gasteiger partial charge >= 0.3 is 5.69 Å². The molecule has 0 amide bonds. The highest BCUT2D eigenvalue weighted by Gasteiger charge is 2.34. The number of fused-ring (bicyclic) bond motifs is 2. The van der Waals surface area contributed by atoms with Crippen LogP contribution < -0.4 is 11.0 Å². The maximum Gasteiger partial charge on any atom is 0.331 e. The van der Waals surface area contributed by atoms with Gasteiger partial charge in [0.05, 0.1) is 4.70 Å². The van der Waals surface area contributed by atoms with E-state index in [2.05, 4.69) is 25.3 Å². The van der Waals surface area contributed by atoms with E-state index < -0.39 is 0 Å². The summed E-state index contributed by atoms with van der Waals surface area (Å²) in [5, 5.41) is 4.33. The van der Waals surface area contributed by atoms with Crippen LogP contribution in [0.3, 0.4) is 0 Å². The minimum absolute atomic E-state index is 0.0613. The maximum atomic E-state index is 12.5. The average molecular weight is 353 g/mol. The van der Waals surface area contributed by atoms with E-state index in [1.807, 2.05) is 12.1 Å². The zero-order valence-electron chi connectivity index (χ0n) is 13.5. The van der Waals surface area contributed by atoms with Crippen molar-refractivity contribution in [1.29, 1.82) is 0 Å². The molecule has 1 aliphatic rings. The number of thiazole rings is 1. The van der Waals surface area contributed by atoms with Crippen LogP contribution in [0, 0.1) is 0 Å². The van der Waals surface area contributed by atoms with Gasteiger partial charge in [0.25, 0.3) is 0 Å². The summed E-state index contributed by atoms with van der Waals surface area (Å²) in [6, 6.07) is 4.36. The molecule has 8 nitrogen and oxygen atoms in total. The summed E-state index contributed by atoms with van der Waals surface area (Å²) in [6.07, 6.45) is 6.70. The van der Waals surface area contributed by atoms with Crippen LogP contribution in [0.1, 0.15) is 18.9 Å². The molecule has 1 N–H and O–H groups in total. The summed E-state index contributed by atoms with van der Waals surface area (Å²) in [5.41, 5.74) is 1.99. The standard InChI is InChI=1S/C16H15N7OS/c1-22-13-14(19-6-5-18-13)23(16(22)24)10-7-9(8-10)20-15-21-12-11(25-15)3-2-4-17-12/h2-6,9-10H,7-8H2,1H3,(H,17,20,21)/t9-,10-. The Bertz CT molecular complexity index is 1110. The highest BCUT2D eigenvalue weighted by molar-refractivity contribution is 7.22. The van der Waals surface area contributed by atoms with Crippen molar-refractivity contribution in [3.05, 3.63) is 41.2 Å². The minimum Gasteiger partial charge on any atom is -0.359 e. The highest BCUT2D eigenvalue weighted by atomic mass is 32.1. The lowest BCUT2D eigenvalue weighted by Crippen LogP contribution is -2.40. The largest absolute Gasteiger partial charge is 0.359 e. The van der Waals surface area contributed by atoms with E-state index in [1.54, 1.807) is 46.1 Å². The molecule has 0 bridgehead atoms. The zero-order chi connectivity index (χ0) is 17.0. The lowest BCUT2D eigenvalue weighted by atomic mass is 9.86. The van der Waals surface area contributed by atoms with Gasteiger partial charge in [-0.05, 0) is 25.0 Å². The predicted octanol–water partition coefficient (Wildman–Crippen LogP) is 1.95. The molecule has 1 fully saturated rings. The van der Waals surface area contributed by atoms with Gasteiger partial charge < -0.3 is 5.32 Å². The molecule has 4 aromatic rings. The van der Waals surface area contributed by atoms with Crippen LogP contribution in [-0.2, 0) is 7.05 Å². The van der Waals surface area contributed by atoms with E-state index in [-0.39, 0.29) is 11.7 Å². The van der Waals surface area contributed by atoms with Crippen molar-refractivity contribution in [2.45, 2.75) is 24.9 Å². The fourth-order valence-electron chi connectivity index (χ4n) is 3.32. The van der Waals surface area contributed by atoms with E-state index in [9.17, 15) is 4.79 Å². The number of aromatic nitrogens is 6. The first-order valence-corrected chi connectivity index (χ1v) is 8.88. The van der Waals surface area contributed by atoms with Gasteiger partial charge in [0, 0.05) is 37.7 Å². The highest BCUT2D eigenvalue weighted by Crippen LogP contribution is 2.36. The molecule has 4 heterocycles. The Morgan fingerprint density at radius 1 is 1.16 bits per heavy atom. The molecule has 0 spiro atoms. The Balaban J connectivity index is 1.37. The number of hydrogen-bond donors (Lipinski definition) is 1. The number of anilines is 1. The van der Waals surface area contributed by atoms with Crippen molar-refractivity contribution < 1.29 is 0 Å². The number of rotatable bonds is 3. The first kappa shape index (κ1) is 14.5. The maximum absolute atomic E-state index is 12.5. The number of nitrogens with one attached hydrogen (secondary N) is 1. The van der Waals surface area contributed by atoms with Crippen molar-refractivity contribution in [2.75, 3.05) is 5.32 Å². The zero-order valence-corrected chi connectivity index (χ0v) is 14.3. The summed E-state index contributed by atoms with van der Waals surface area (Å²) in [4.78, 5) is 29.9. The number of hydrogen-bond acceptors (Lipinski definition) is 7. The van der Waals surface area contributed by atoms with Crippen molar-refractivity contribution in [3.8, 4) is 0 Å². The molecule has 25 heavy (non-hydrogen) atoms. The first-order valence-electron chi connectivity index (χ1n) is 8.07. The molecule has 0 atom stereocenters. The smallest absolute Gasteiger partial charge is 0.331 e. The SMILES string of the molecule is Cn1c(=O)n([C@H]2C[C@H](Nc3nc4ncccc4s3)C2)c2nccnc21. The van der Waals surface area contributed by atoms with Gasteiger partial charge in [0.2, 0.25) is 0 Å². The van der Waals surface area contributed by atoms with Gasteiger partial charge in [-0.1, -0.05) is 11.3 Å². The Kier molecular flexibility index (Phi) is 3.11. The second-order valence-electron chi connectivity index (χ2n) is 6.23. The molecule has 1 aliphatic carbocycles. The van der Waals surface area contributed by atoms with E-state index in [1.165, 1.54) is 0 Å². The Hall–Kier alpha value is -2.81. The number of aryl methyl sites for hydroxylation is 1. The van der Waals surface area contributed by atoms with Crippen LogP contribution in [0.2, 0.25) is 0 Å². The van der Waals surface area contributed by atoms with E-state index in [0.29, 0.717) is 17.3 Å². The van der Waals surface area contributed by atoms with Gasteiger partial charge in [0.1, 0.15) is 0 Å². The summed E-state index contributed by atoms with van der Waals surface area (Å²) >= 11 is 1.60. The van der Waals surface area contributed by atoms with Crippen LogP contribution in [0.4, 0.5) is 5.13 Å². The molecular formula is C16H15N7OS. The van der Waals surface area contributed by atoms with Crippen LogP contribution >= 0.6 is 11.3 Å². The lowest BCUT2D eigenvalue weighted by Gasteiger charge is -2.36. The summed E-state index contributed by atoms with van der Waals surface area (Å²) in [6.45, 7) is 0. The second kappa shape index (κ2) is 5.35. The molecule has 0 unspecified atom stereocenters. The van der Waals surface area contributed by atoms with Crippen molar-refractivity contribution in [1.82, 2.24) is 29.1 Å². The Labute approximate surface area is 146 Å². The molecule has 4 aromatic heterocycles. The quantitative estimate of drug-likeness (QED) is 0.605. The van der Waals surface area contributed by atoms with Gasteiger partial charge in [-0.25, -0.2) is 24.7 Å². The third-order valence-corrected chi connectivity index (χ3v) is 5.61. The van der Waals surface area contributed by atoms with Crippen molar-refractivity contribution in [3.63, 3.8) is 0 Å². The Morgan fingerprint density at radius 3 is 2.76 bits per heavy atom. The molecule has 0 saturated heterocycles. The molecule has 5 rings (SSSR count). The predicted molar refractivity (Wildman–Crippen MR) is 95.9 cm³/mol. The molecule has 1 saturated carbocycles. The van der Waals surface area contributed by atoms with Crippen molar-refractivity contribution >= 4 is 38.1 Å². The van der Waals surface area contributed by atoms with Gasteiger partial charge in [-0.15, -0.1) is 0 Å². The van der Waals surface area contributed by atoms with E-state index >= 15 is 0 Å². The topological polar surface area (TPSA) is 90.5 Å². The third kappa shape index (κ3) is 2.23. The van der Waals surface area contributed by atoms with Gasteiger partial charge in [-0.2, -0.15) is 0 Å². The van der Waals surface area contributed by atoms with Crippen LogP contribution in [-0.4, -0.2) is 35.1 Å². The minimum atomic E-state index is -0.0613. The van der Waals surface area contributed by atoms with Crippen LogP contribution in [0.5, 0.6) is 0 Å². The molecule has 126 valence electrons. The molecule has 0 aliphatic heterocycles. The van der Waals surface area contributed by atoms with Gasteiger partial charge in [-0.3, -0.25) is 9.13 Å². The van der Waals surface area contributed by atoms with E-state index in [0.717, 1.165) is 28.3 Å². The number of imidazole rings is 1. The van der Waals surface area contributed by atoms with Gasteiger partial charge in [0.15, 0.2) is 22.1 Å². The molecule has 0 radical (unpaired) electrons. The van der Waals surface area contributed by atoms with Crippen LogP contribution in [0.15, 0.2) is 35.5 Å². The Morgan fingerprint density at radius 2 is 1.96 bits per heavy atom. The fourth-order valence-corrected chi connectivity index (χ4v) is 4.23. The average Bonchev–Trinajstić information content (AvgIpc) is 3.11. The first-order chi connectivity index (χ1) is 12.2. The monoisotopic (exact) mass is 353 g/mol. The summed E-state index contributed by atoms with van der Waals surface area (Å²) in [5.74, 6) is 0. The lowest BCUT2D eigenvalue weighted by molar-refractivity contribution is 0.280. The normalized spacial score (nSPS) is 20.0. The van der Waals surface area contributed by atoms with Crippen LogP contribution in [0.25, 0.3) is 21.6 Å². The molecule has 0 aromatic carbocycles. The fraction of sp³-hybridized carbons (Fsp3) is 0.312. The molecule has 9 heteroatoms. The number of pyridine rings is 1. The second-order valence-corrected chi connectivity index (χ2v) is 7.26. The number of nitrogens with zero attached hydrogens (tertiary/aromatic N) is 6. The third-order valence-electron chi connectivity index (χ3n) is 4.67. The summed E-state index contributed by atoms with van der Waals surface area (Å²) in [7, 11) is 1.73.